The van der Waals surface area contributed by atoms with Gasteiger partial charge in [0.1, 0.15) is 0 Å². The molecule has 2 heterocycles. The molecule has 2 aromatic rings. The van der Waals surface area contributed by atoms with Gasteiger partial charge in [0.05, 0.1) is 6.42 Å². The number of rotatable bonds is 3. The number of ether oxygens (including phenoxy) is 1. The van der Waals surface area contributed by atoms with E-state index >= 15 is 0 Å². The summed E-state index contributed by atoms with van der Waals surface area (Å²) in [6.45, 7) is 1.39. The fourth-order valence-corrected chi connectivity index (χ4v) is 2.34. The highest BCUT2D eigenvalue weighted by Crippen LogP contribution is 2.17. The first-order valence-corrected chi connectivity index (χ1v) is 6.80. The van der Waals surface area contributed by atoms with Crippen LogP contribution in [0.15, 0.2) is 35.0 Å². The van der Waals surface area contributed by atoms with E-state index in [4.69, 9.17) is 9.84 Å². The normalized spacial score (nSPS) is 9.17. The Morgan fingerprint density at radius 1 is 1.22 bits per heavy atom. The van der Waals surface area contributed by atoms with Gasteiger partial charge in [0.15, 0.2) is 5.06 Å². The number of carboxylic acid groups (broad SMARTS) is 1. The summed E-state index contributed by atoms with van der Waals surface area (Å²) in [6, 6.07) is 7.26. The molecule has 0 aliphatic rings. The first kappa shape index (κ1) is 14.4. The predicted octanol–water partition coefficient (Wildman–Crippen LogP) is 3.05. The second-order valence-corrected chi connectivity index (χ2v) is 5.12. The quantitative estimate of drug-likeness (QED) is 0.880. The van der Waals surface area contributed by atoms with Gasteiger partial charge in [0, 0.05) is 11.8 Å². The number of aliphatic carboxylic acids is 1. The van der Waals surface area contributed by atoms with E-state index in [9.17, 15) is 9.59 Å². The third kappa shape index (κ3) is 6.17. The van der Waals surface area contributed by atoms with Crippen molar-refractivity contribution in [1.29, 1.82) is 0 Å². The second-order valence-electron chi connectivity index (χ2n) is 3.18. The van der Waals surface area contributed by atoms with Crippen LogP contribution in [0.3, 0.4) is 0 Å². The monoisotopic (exact) mass is 284 g/mol. The number of thiophene rings is 2. The lowest BCUT2D eigenvalue weighted by Crippen LogP contribution is -1.98. The first-order valence-electron chi connectivity index (χ1n) is 5.04. The zero-order chi connectivity index (χ0) is 13.4. The molecule has 0 amide bonds. The Bertz CT molecular complexity index is 428. The molecular formula is C12H12O4S2. The first-order chi connectivity index (χ1) is 8.58. The van der Waals surface area contributed by atoms with Crippen molar-refractivity contribution in [2.24, 2.45) is 0 Å². The van der Waals surface area contributed by atoms with Crippen LogP contribution in [0.2, 0.25) is 0 Å². The summed E-state index contributed by atoms with van der Waals surface area (Å²) in [6.07, 6.45) is 0.150. The molecule has 0 bridgehead atoms. The molecular weight excluding hydrogens is 272 g/mol. The molecule has 96 valence electrons. The molecule has 0 aromatic carbocycles. The molecule has 2 rings (SSSR count). The van der Waals surface area contributed by atoms with Crippen molar-refractivity contribution in [3.8, 4) is 5.06 Å². The molecule has 0 saturated heterocycles. The molecule has 0 aliphatic heterocycles. The molecule has 0 radical (unpaired) electrons. The lowest BCUT2D eigenvalue weighted by atomic mass is 10.3. The van der Waals surface area contributed by atoms with Crippen molar-refractivity contribution in [3.05, 3.63) is 39.9 Å². The Morgan fingerprint density at radius 2 is 1.89 bits per heavy atom. The molecule has 0 aliphatic carbocycles. The van der Waals surface area contributed by atoms with Crippen LogP contribution in [0.5, 0.6) is 5.06 Å². The third-order valence-electron chi connectivity index (χ3n) is 1.64. The lowest BCUT2D eigenvalue weighted by Gasteiger charge is -1.91. The molecule has 18 heavy (non-hydrogen) atoms. The van der Waals surface area contributed by atoms with Gasteiger partial charge < -0.3 is 9.84 Å². The third-order valence-corrected chi connectivity index (χ3v) is 3.27. The van der Waals surface area contributed by atoms with E-state index in [0.29, 0.717) is 5.06 Å². The van der Waals surface area contributed by atoms with Crippen molar-refractivity contribution in [2.45, 2.75) is 13.3 Å². The SMILES string of the molecule is CC(=O)Oc1cccs1.O=C(O)Cc1cccs1. The molecule has 6 heteroatoms. The number of carbonyl (C=O) groups excluding carboxylic acids is 1. The summed E-state index contributed by atoms with van der Waals surface area (Å²) in [5.74, 6) is -1.03. The Balaban J connectivity index is 0.000000180. The minimum Gasteiger partial charge on any atom is -0.481 e. The molecule has 1 N–H and O–H groups in total. The molecule has 0 unspecified atom stereocenters. The van der Waals surface area contributed by atoms with Gasteiger partial charge in [-0.3, -0.25) is 9.59 Å². The maximum Gasteiger partial charge on any atom is 0.308 e. The van der Waals surface area contributed by atoms with E-state index in [1.807, 2.05) is 29.0 Å². The topological polar surface area (TPSA) is 63.6 Å². The van der Waals surface area contributed by atoms with Gasteiger partial charge in [0.25, 0.3) is 0 Å². The number of hydrogen-bond acceptors (Lipinski definition) is 5. The van der Waals surface area contributed by atoms with Crippen LogP contribution in [-0.4, -0.2) is 17.0 Å². The summed E-state index contributed by atoms with van der Waals surface area (Å²) in [4.78, 5) is 21.3. The van der Waals surface area contributed by atoms with Crippen LogP contribution in [0.1, 0.15) is 11.8 Å². The zero-order valence-corrected chi connectivity index (χ0v) is 11.3. The van der Waals surface area contributed by atoms with Crippen LogP contribution >= 0.6 is 22.7 Å². The Kier molecular flexibility index (Phi) is 6.10. The largest absolute Gasteiger partial charge is 0.481 e. The van der Waals surface area contributed by atoms with Gasteiger partial charge in [0.2, 0.25) is 0 Å². The van der Waals surface area contributed by atoms with E-state index < -0.39 is 5.97 Å². The van der Waals surface area contributed by atoms with Crippen LogP contribution in [0.4, 0.5) is 0 Å². The van der Waals surface area contributed by atoms with Crippen LogP contribution in [-0.2, 0) is 16.0 Å². The van der Waals surface area contributed by atoms with Gasteiger partial charge in [-0.2, -0.15) is 0 Å². The van der Waals surface area contributed by atoms with Crippen molar-refractivity contribution < 1.29 is 19.4 Å². The fourth-order valence-electron chi connectivity index (χ4n) is 1.03. The van der Waals surface area contributed by atoms with Crippen molar-refractivity contribution in [3.63, 3.8) is 0 Å². The highest BCUT2D eigenvalue weighted by Gasteiger charge is 1.98. The van der Waals surface area contributed by atoms with Crippen molar-refractivity contribution in [1.82, 2.24) is 0 Å². The highest BCUT2D eigenvalue weighted by atomic mass is 32.1. The van der Waals surface area contributed by atoms with Crippen LogP contribution < -0.4 is 4.74 Å². The van der Waals surface area contributed by atoms with E-state index in [2.05, 4.69) is 0 Å². The van der Waals surface area contributed by atoms with E-state index in [1.54, 1.807) is 6.07 Å². The van der Waals surface area contributed by atoms with Gasteiger partial charge in [-0.25, -0.2) is 0 Å². The second kappa shape index (κ2) is 7.62. The molecule has 0 fully saturated rings. The number of hydrogen-bond donors (Lipinski definition) is 1. The summed E-state index contributed by atoms with van der Waals surface area (Å²) in [7, 11) is 0. The van der Waals surface area contributed by atoms with Crippen LogP contribution in [0.25, 0.3) is 0 Å². The van der Waals surface area contributed by atoms with E-state index in [1.165, 1.54) is 29.6 Å². The molecule has 4 nitrogen and oxygen atoms in total. The lowest BCUT2D eigenvalue weighted by molar-refractivity contribution is -0.136. The standard InChI is InChI=1S/2C6H6O2S/c1-5(7)8-6-3-2-4-9-6;7-6(8)4-5-2-1-3-9-5/h2-4H,1H3;1-3H,4H2,(H,7,8). The average molecular weight is 284 g/mol. The number of esters is 1. The maximum atomic E-state index is 10.3. The summed E-state index contributed by atoms with van der Waals surface area (Å²) >= 11 is 2.88. The molecule has 0 spiro atoms. The molecule has 0 atom stereocenters. The molecule has 0 saturated carbocycles. The van der Waals surface area contributed by atoms with E-state index in [0.717, 1.165) is 4.88 Å². The summed E-state index contributed by atoms with van der Waals surface area (Å²) < 4.78 is 4.73. The van der Waals surface area contributed by atoms with Crippen molar-refractivity contribution in [2.75, 3.05) is 0 Å². The predicted molar refractivity (Wildman–Crippen MR) is 71.3 cm³/mol. The summed E-state index contributed by atoms with van der Waals surface area (Å²) in [5, 5.41) is 12.7. The minimum absolute atomic E-state index is 0.150. The Hall–Kier alpha value is -1.66. The van der Waals surface area contributed by atoms with Gasteiger partial charge in [-0.1, -0.05) is 6.07 Å². The Labute approximate surface area is 112 Å². The fraction of sp³-hybridized carbons (Fsp3) is 0.167. The van der Waals surface area contributed by atoms with Crippen LogP contribution in [0, 0.1) is 0 Å². The minimum atomic E-state index is -0.766. The van der Waals surface area contributed by atoms with E-state index in [-0.39, 0.29) is 12.4 Å². The summed E-state index contributed by atoms with van der Waals surface area (Å²) in [5.41, 5.74) is 0. The van der Waals surface area contributed by atoms with Gasteiger partial charge in [-0.05, 0) is 29.0 Å². The zero-order valence-electron chi connectivity index (χ0n) is 9.66. The van der Waals surface area contributed by atoms with Crippen molar-refractivity contribution >= 4 is 34.6 Å². The van der Waals surface area contributed by atoms with Gasteiger partial charge in [-0.15, -0.1) is 22.7 Å². The maximum absolute atomic E-state index is 10.3. The van der Waals surface area contributed by atoms with Gasteiger partial charge >= 0.3 is 11.9 Å². The smallest absolute Gasteiger partial charge is 0.308 e. The number of carboxylic acids is 1. The Morgan fingerprint density at radius 3 is 2.33 bits per heavy atom. The average Bonchev–Trinajstić information content (AvgIpc) is 2.90. The molecule has 2 aromatic heterocycles. The highest BCUT2D eigenvalue weighted by molar-refractivity contribution is 7.11. The number of carbonyl (C=O) groups is 2.